The lowest BCUT2D eigenvalue weighted by Gasteiger charge is -2.04. The van der Waals surface area contributed by atoms with Crippen molar-refractivity contribution in [1.29, 1.82) is 5.26 Å². The van der Waals surface area contributed by atoms with E-state index in [9.17, 15) is 9.59 Å². The second-order valence-corrected chi connectivity index (χ2v) is 5.85. The van der Waals surface area contributed by atoms with E-state index in [-0.39, 0.29) is 16.8 Å². The number of hydrogen-bond donors (Lipinski definition) is 2. The summed E-state index contributed by atoms with van der Waals surface area (Å²) in [6.07, 6.45) is 1.28. The smallest absolute Gasteiger partial charge is 0.335 e. The molecule has 0 aliphatic carbocycles. The fraction of sp³-hybridized carbons (Fsp3) is 0. The van der Waals surface area contributed by atoms with Crippen LogP contribution in [0.15, 0.2) is 49.5 Å². The molecular formula is C15H8Br2N2O4. The maximum Gasteiger partial charge on any atom is 0.335 e. The summed E-state index contributed by atoms with van der Waals surface area (Å²) < 4.78 is 6.37. The lowest BCUT2D eigenvalue weighted by Crippen LogP contribution is -2.13. The topological polar surface area (TPSA) is 103 Å². The monoisotopic (exact) mass is 438 g/mol. The highest BCUT2D eigenvalue weighted by Gasteiger charge is 2.13. The predicted octanol–water partition coefficient (Wildman–Crippen LogP) is 4.05. The summed E-state index contributed by atoms with van der Waals surface area (Å²) in [5, 5.41) is 20.5. The van der Waals surface area contributed by atoms with Gasteiger partial charge in [0, 0.05) is 11.8 Å². The van der Waals surface area contributed by atoms with Crippen molar-refractivity contribution >= 4 is 55.5 Å². The van der Waals surface area contributed by atoms with E-state index in [1.54, 1.807) is 12.1 Å². The zero-order valence-corrected chi connectivity index (χ0v) is 14.5. The first-order chi connectivity index (χ1) is 10.9. The molecule has 0 unspecified atom stereocenters. The molecule has 6 nitrogen and oxygen atoms in total. The number of halogens is 2. The molecule has 0 saturated carbocycles. The second-order valence-electron chi connectivity index (χ2n) is 4.28. The van der Waals surface area contributed by atoms with Crippen molar-refractivity contribution in [3.05, 3.63) is 56.4 Å². The highest BCUT2D eigenvalue weighted by molar-refractivity contribution is 9.13. The molecule has 0 aliphatic rings. The molecule has 0 spiro atoms. The van der Waals surface area contributed by atoms with Crippen molar-refractivity contribution in [3.63, 3.8) is 0 Å². The molecule has 8 heteroatoms. The van der Waals surface area contributed by atoms with Crippen molar-refractivity contribution in [3.8, 4) is 6.07 Å². The van der Waals surface area contributed by atoms with E-state index in [2.05, 4.69) is 37.2 Å². The Hall–Kier alpha value is -2.37. The minimum absolute atomic E-state index is 0.0317. The number of furan rings is 1. The summed E-state index contributed by atoms with van der Waals surface area (Å²) in [6, 6.07) is 9.10. The third kappa shape index (κ3) is 4.31. The number of hydrogen-bond acceptors (Lipinski definition) is 4. The highest BCUT2D eigenvalue weighted by Crippen LogP contribution is 2.28. The van der Waals surface area contributed by atoms with E-state index < -0.39 is 11.9 Å². The first kappa shape index (κ1) is 17.0. The molecule has 0 atom stereocenters. The number of anilines is 1. The lowest BCUT2D eigenvalue weighted by atomic mass is 10.2. The third-order valence-electron chi connectivity index (χ3n) is 2.68. The number of aromatic carboxylic acids is 1. The molecule has 0 bridgehead atoms. The number of nitrogens with one attached hydrogen (secondary N) is 1. The van der Waals surface area contributed by atoms with Gasteiger partial charge in [-0.3, -0.25) is 4.79 Å². The van der Waals surface area contributed by atoms with Crippen LogP contribution in [0.1, 0.15) is 16.1 Å². The first-order valence-corrected chi connectivity index (χ1v) is 7.70. The van der Waals surface area contributed by atoms with Crippen LogP contribution in [0.3, 0.4) is 0 Å². The molecule has 1 aromatic carbocycles. The number of nitriles is 1. The van der Waals surface area contributed by atoms with Gasteiger partial charge in [0.1, 0.15) is 17.4 Å². The Labute approximate surface area is 147 Å². The Morgan fingerprint density at radius 3 is 2.61 bits per heavy atom. The maximum absolute atomic E-state index is 12.1. The average Bonchev–Trinajstić information content (AvgIpc) is 2.83. The Kier molecular flexibility index (Phi) is 5.36. The van der Waals surface area contributed by atoms with Gasteiger partial charge in [-0.15, -0.1) is 0 Å². The molecule has 0 fully saturated rings. The Bertz CT molecular complexity index is 830. The summed E-state index contributed by atoms with van der Waals surface area (Å²) in [5.74, 6) is -1.46. The molecule has 0 saturated heterocycles. The average molecular weight is 440 g/mol. The summed E-state index contributed by atoms with van der Waals surface area (Å²) >= 11 is 6.39. The van der Waals surface area contributed by atoms with E-state index >= 15 is 0 Å². The molecule has 2 rings (SSSR count). The van der Waals surface area contributed by atoms with E-state index in [0.717, 1.165) is 0 Å². The molecule has 23 heavy (non-hydrogen) atoms. The van der Waals surface area contributed by atoms with Crippen LogP contribution in [0.4, 0.5) is 5.69 Å². The second kappa shape index (κ2) is 7.26. The van der Waals surface area contributed by atoms with Crippen molar-refractivity contribution in [1.82, 2.24) is 0 Å². The van der Waals surface area contributed by atoms with Gasteiger partial charge in [-0.2, -0.15) is 5.26 Å². The van der Waals surface area contributed by atoms with Crippen LogP contribution in [-0.4, -0.2) is 17.0 Å². The quantitative estimate of drug-likeness (QED) is 0.552. The highest BCUT2D eigenvalue weighted by atomic mass is 79.9. The van der Waals surface area contributed by atoms with Gasteiger partial charge >= 0.3 is 5.97 Å². The van der Waals surface area contributed by atoms with Crippen LogP contribution >= 0.6 is 31.9 Å². The fourth-order valence-electron chi connectivity index (χ4n) is 1.65. The van der Waals surface area contributed by atoms with Gasteiger partial charge in [0.15, 0.2) is 4.67 Å². The molecule has 0 radical (unpaired) electrons. The predicted molar refractivity (Wildman–Crippen MR) is 89.7 cm³/mol. The van der Waals surface area contributed by atoms with Gasteiger partial charge in [-0.1, -0.05) is 6.07 Å². The van der Waals surface area contributed by atoms with Crippen molar-refractivity contribution < 1.29 is 19.1 Å². The molecule has 1 heterocycles. The van der Waals surface area contributed by atoms with E-state index in [1.165, 1.54) is 30.3 Å². The van der Waals surface area contributed by atoms with Gasteiger partial charge < -0.3 is 14.8 Å². The Morgan fingerprint density at radius 2 is 2.04 bits per heavy atom. The van der Waals surface area contributed by atoms with Crippen LogP contribution in [0.5, 0.6) is 0 Å². The van der Waals surface area contributed by atoms with Crippen molar-refractivity contribution in [2.45, 2.75) is 0 Å². The van der Waals surface area contributed by atoms with Crippen LogP contribution in [0, 0.1) is 11.3 Å². The lowest BCUT2D eigenvalue weighted by molar-refractivity contribution is -0.112. The van der Waals surface area contributed by atoms with Crippen LogP contribution in [-0.2, 0) is 4.79 Å². The summed E-state index contributed by atoms with van der Waals surface area (Å²) in [6.45, 7) is 0. The number of carbonyl (C=O) groups excluding carboxylic acids is 1. The van der Waals surface area contributed by atoms with Crippen LogP contribution in [0.2, 0.25) is 0 Å². The normalized spacial score (nSPS) is 10.9. The number of carbonyl (C=O) groups is 2. The minimum atomic E-state index is -1.11. The molecule has 0 aliphatic heterocycles. The van der Waals surface area contributed by atoms with E-state index in [1.807, 2.05) is 0 Å². The maximum atomic E-state index is 12.1. The number of rotatable bonds is 4. The van der Waals surface area contributed by atoms with Crippen molar-refractivity contribution in [2.24, 2.45) is 0 Å². The number of amides is 1. The standard InChI is InChI=1S/C15H8Br2N2O4/c16-12-6-11(23-13(12)17)5-9(7-18)14(20)19-10-3-1-2-8(4-10)15(21)22/h1-6H,(H,19,20)(H,21,22)/b9-5-. The van der Waals surface area contributed by atoms with Gasteiger partial charge in [0.05, 0.1) is 10.0 Å². The number of benzene rings is 1. The molecule has 116 valence electrons. The number of carboxylic acids is 1. The van der Waals surface area contributed by atoms with Crippen LogP contribution < -0.4 is 5.32 Å². The molecule has 1 aromatic heterocycles. The Balaban J connectivity index is 2.22. The molecule has 1 amide bonds. The van der Waals surface area contributed by atoms with Gasteiger partial charge in [-0.25, -0.2) is 4.79 Å². The SMILES string of the molecule is N#C/C(=C/c1cc(Br)c(Br)o1)C(=O)Nc1cccc(C(=O)O)c1. The van der Waals surface area contributed by atoms with E-state index in [0.29, 0.717) is 14.9 Å². The zero-order chi connectivity index (χ0) is 17.0. The molecule has 2 aromatic rings. The number of carboxylic acid groups (broad SMARTS) is 1. The fourth-order valence-corrected chi connectivity index (χ4v) is 2.26. The minimum Gasteiger partial charge on any atom is -0.478 e. The molecule has 2 N–H and O–H groups in total. The third-order valence-corrected chi connectivity index (χ3v) is 4.39. The Morgan fingerprint density at radius 1 is 1.30 bits per heavy atom. The summed E-state index contributed by atoms with van der Waals surface area (Å²) in [7, 11) is 0. The van der Waals surface area contributed by atoms with Gasteiger partial charge in [0.2, 0.25) is 0 Å². The number of nitrogens with zero attached hydrogens (tertiary/aromatic N) is 1. The first-order valence-electron chi connectivity index (χ1n) is 6.12. The van der Waals surface area contributed by atoms with Gasteiger partial charge in [-0.05, 0) is 56.1 Å². The van der Waals surface area contributed by atoms with E-state index in [4.69, 9.17) is 14.8 Å². The largest absolute Gasteiger partial charge is 0.478 e. The zero-order valence-electron chi connectivity index (χ0n) is 11.3. The molecular weight excluding hydrogens is 432 g/mol. The summed E-state index contributed by atoms with van der Waals surface area (Å²) in [4.78, 5) is 23.0. The van der Waals surface area contributed by atoms with Gasteiger partial charge in [0.25, 0.3) is 5.91 Å². The van der Waals surface area contributed by atoms with Crippen molar-refractivity contribution in [2.75, 3.05) is 5.32 Å². The van der Waals surface area contributed by atoms with Crippen LogP contribution in [0.25, 0.3) is 6.08 Å². The summed E-state index contributed by atoms with van der Waals surface area (Å²) in [5.41, 5.74) is 0.126.